The van der Waals surface area contributed by atoms with Crippen LogP contribution >= 0.6 is 11.6 Å². The summed E-state index contributed by atoms with van der Waals surface area (Å²) in [5.74, 6) is 0.146. The van der Waals surface area contributed by atoms with Crippen LogP contribution in [0, 0.1) is 6.92 Å². The molecule has 1 aliphatic rings. The van der Waals surface area contributed by atoms with Crippen LogP contribution in [-0.2, 0) is 6.61 Å². The van der Waals surface area contributed by atoms with E-state index in [2.05, 4.69) is 34.5 Å². The number of hydrazone groups is 1. The average Bonchev–Trinajstić information content (AvgIpc) is 3.33. The molecule has 3 aromatic rings. The summed E-state index contributed by atoms with van der Waals surface area (Å²) in [7, 11) is 0. The van der Waals surface area contributed by atoms with Crippen molar-refractivity contribution in [2.75, 3.05) is 18.0 Å². The van der Waals surface area contributed by atoms with Gasteiger partial charge in [0.2, 0.25) is 0 Å². The Bertz CT molecular complexity index is 1120. The standard InChI is InChI=1S/C26H26ClN3O2/c1-19-16-20(12-13-24(19)30-14-6-7-15-30)17-28-29-26(31)22-9-3-5-11-25(22)32-18-21-8-2-4-10-23(21)27/h2-5,8-13,16-17H,6-7,14-15,18H2,1H3,(H,29,31)/b28-17+. The zero-order chi connectivity index (χ0) is 22.3. The number of rotatable bonds is 7. The quantitative estimate of drug-likeness (QED) is 0.379. The van der Waals surface area contributed by atoms with Crippen LogP contribution in [0.2, 0.25) is 5.02 Å². The average molecular weight is 448 g/mol. The van der Waals surface area contributed by atoms with E-state index in [1.807, 2.05) is 36.4 Å². The van der Waals surface area contributed by atoms with Gasteiger partial charge in [-0.3, -0.25) is 4.79 Å². The Kier molecular flexibility index (Phi) is 7.07. The number of carbonyl (C=O) groups is 1. The number of aryl methyl sites for hydroxylation is 1. The van der Waals surface area contributed by atoms with E-state index in [1.165, 1.54) is 24.1 Å². The third-order valence-electron chi connectivity index (χ3n) is 5.52. The number of amides is 1. The first-order chi connectivity index (χ1) is 15.6. The van der Waals surface area contributed by atoms with E-state index >= 15 is 0 Å². The molecule has 5 nitrogen and oxygen atoms in total. The minimum Gasteiger partial charge on any atom is -0.488 e. The number of ether oxygens (including phenoxy) is 1. The Labute approximate surface area is 193 Å². The van der Waals surface area contributed by atoms with Gasteiger partial charge in [0.15, 0.2) is 0 Å². The molecule has 1 amide bonds. The van der Waals surface area contributed by atoms with Gasteiger partial charge in [0, 0.05) is 29.4 Å². The number of hydrogen-bond donors (Lipinski definition) is 1. The summed E-state index contributed by atoms with van der Waals surface area (Å²) in [5, 5.41) is 4.77. The van der Waals surface area contributed by atoms with Gasteiger partial charge in [-0.1, -0.05) is 48.0 Å². The lowest BCUT2D eigenvalue weighted by molar-refractivity contribution is 0.0950. The van der Waals surface area contributed by atoms with Crippen molar-refractivity contribution < 1.29 is 9.53 Å². The minimum absolute atomic E-state index is 0.274. The molecule has 0 unspecified atom stereocenters. The SMILES string of the molecule is Cc1cc(/C=N/NC(=O)c2ccccc2OCc2ccccc2Cl)ccc1N1CCCC1. The van der Waals surface area contributed by atoms with Crippen molar-refractivity contribution in [2.45, 2.75) is 26.4 Å². The Morgan fingerprint density at radius 3 is 2.62 bits per heavy atom. The second kappa shape index (κ2) is 10.3. The zero-order valence-corrected chi connectivity index (χ0v) is 18.8. The maximum Gasteiger partial charge on any atom is 0.275 e. The summed E-state index contributed by atoms with van der Waals surface area (Å²) in [5.41, 5.74) is 7.29. The van der Waals surface area contributed by atoms with Crippen LogP contribution in [0.5, 0.6) is 5.75 Å². The van der Waals surface area contributed by atoms with Gasteiger partial charge in [0.05, 0.1) is 11.8 Å². The van der Waals surface area contributed by atoms with Gasteiger partial charge in [-0.2, -0.15) is 5.10 Å². The first-order valence-electron chi connectivity index (χ1n) is 10.8. The van der Waals surface area contributed by atoms with E-state index in [1.54, 1.807) is 24.4 Å². The maximum atomic E-state index is 12.7. The van der Waals surface area contributed by atoms with Crippen LogP contribution in [-0.4, -0.2) is 25.2 Å². The summed E-state index contributed by atoms with van der Waals surface area (Å²) in [6.07, 6.45) is 4.16. The fourth-order valence-corrected chi connectivity index (χ4v) is 4.04. The van der Waals surface area contributed by atoms with Crippen LogP contribution < -0.4 is 15.1 Å². The monoisotopic (exact) mass is 447 g/mol. The predicted octanol–water partition coefficient (Wildman–Crippen LogP) is 5.59. The van der Waals surface area contributed by atoms with Gasteiger partial charge in [-0.05, 0) is 61.2 Å². The molecule has 0 spiro atoms. The number of halogens is 1. The highest BCUT2D eigenvalue weighted by Crippen LogP contribution is 2.25. The van der Waals surface area contributed by atoms with Crippen LogP contribution in [0.3, 0.4) is 0 Å². The van der Waals surface area contributed by atoms with Gasteiger partial charge < -0.3 is 9.64 Å². The van der Waals surface area contributed by atoms with E-state index in [9.17, 15) is 4.79 Å². The molecule has 4 rings (SSSR count). The number of nitrogens with one attached hydrogen (secondary N) is 1. The summed E-state index contributed by atoms with van der Waals surface area (Å²) in [6, 6.07) is 20.8. The van der Waals surface area contributed by atoms with Crippen LogP contribution in [0.25, 0.3) is 0 Å². The fourth-order valence-electron chi connectivity index (χ4n) is 3.85. The molecule has 1 heterocycles. The van der Waals surface area contributed by atoms with Crippen molar-refractivity contribution >= 4 is 29.4 Å². The molecule has 1 N–H and O–H groups in total. The Morgan fingerprint density at radius 1 is 1.09 bits per heavy atom. The van der Waals surface area contributed by atoms with E-state index in [4.69, 9.17) is 16.3 Å². The van der Waals surface area contributed by atoms with Crippen molar-refractivity contribution in [1.82, 2.24) is 5.43 Å². The third kappa shape index (κ3) is 5.29. The number of nitrogens with zero attached hydrogens (tertiary/aromatic N) is 2. The largest absolute Gasteiger partial charge is 0.488 e. The maximum absolute atomic E-state index is 12.7. The highest BCUT2D eigenvalue weighted by atomic mass is 35.5. The minimum atomic E-state index is -0.332. The molecular formula is C26H26ClN3O2. The van der Waals surface area contributed by atoms with Gasteiger partial charge in [0.25, 0.3) is 5.91 Å². The van der Waals surface area contributed by atoms with Crippen molar-refractivity contribution in [2.24, 2.45) is 5.10 Å². The molecule has 1 saturated heterocycles. The molecule has 0 radical (unpaired) electrons. The topological polar surface area (TPSA) is 53.9 Å². The van der Waals surface area contributed by atoms with Gasteiger partial charge in [0.1, 0.15) is 12.4 Å². The molecule has 32 heavy (non-hydrogen) atoms. The zero-order valence-electron chi connectivity index (χ0n) is 18.1. The molecule has 6 heteroatoms. The summed E-state index contributed by atoms with van der Waals surface area (Å²) in [6.45, 7) is 4.61. The normalized spacial score (nSPS) is 13.5. The van der Waals surface area contributed by atoms with Crippen LogP contribution in [0.15, 0.2) is 71.8 Å². The van der Waals surface area contributed by atoms with Gasteiger partial charge in [-0.25, -0.2) is 5.43 Å². The molecular weight excluding hydrogens is 422 g/mol. The smallest absolute Gasteiger partial charge is 0.275 e. The molecule has 0 bridgehead atoms. The van der Waals surface area contributed by atoms with E-state index in [0.29, 0.717) is 16.3 Å². The lowest BCUT2D eigenvalue weighted by Crippen LogP contribution is -2.19. The van der Waals surface area contributed by atoms with E-state index in [0.717, 1.165) is 24.2 Å². The molecule has 0 aromatic heterocycles. The van der Waals surface area contributed by atoms with Crippen molar-refractivity contribution in [3.05, 3.63) is 94.0 Å². The summed E-state index contributed by atoms with van der Waals surface area (Å²) < 4.78 is 5.87. The van der Waals surface area contributed by atoms with E-state index in [-0.39, 0.29) is 12.5 Å². The molecule has 3 aromatic carbocycles. The van der Waals surface area contributed by atoms with Crippen molar-refractivity contribution in [1.29, 1.82) is 0 Å². The lowest BCUT2D eigenvalue weighted by Gasteiger charge is -2.20. The number of carbonyl (C=O) groups excluding carboxylic acids is 1. The second-order valence-electron chi connectivity index (χ2n) is 7.82. The Morgan fingerprint density at radius 2 is 1.84 bits per heavy atom. The molecule has 1 aliphatic heterocycles. The summed E-state index contributed by atoms with van der Waals surface area (Å²) >= 11 is 6.20. The number of para-hydroxylation sites is 1. The van der Waals surface area contributed by atoms with Crippen LogP contribution in [0.4, 0.5) is 5.69 Å². The first kappa shape index (κ1) is 21.9. The van der Waals surface area contributed by atoms with Gasteiger partial charge >= 0.3 is 0 Å². The number of anilines is 1. The Hall–Kier alpha value is -3.31. The third-order valence-corrected chi connectivity index (χ3v) is 5.89. The van der Waals surface area contributed by atoms with E-state index < -0.39 is 0 Å². The first-order valence-corrected chi connectivity index (χ1v) is 11.1. The molecule has 1 fully saturated rings. The predicted molar refractivity (Wildman–Crippen MR) is 130 cm³/mol. The van der Waals surface area contributed by atoms with Crippen molar-refractivity contribution in [3.8, 4) is 5.75 Å². The number of benzene rings is 3. The lowest BCUT2D eigenvalue weighted by atomic mass is 10.1. The molecule has 0 atom stereocenters. The highest BCUT2D eigenvalue weighted by Gasteiger charge is 2.14. The van der Waals surface area contributed by atoms with Crippen LogP contribution in [0.1, 0.15) is 39.9 Å². The molecule has 164 valence electrons. The second-order valence-corrected chi connectivity index (χ2v) is 8.22. The highest BCUT2D eigenvalue weighted by molar-refractivity contribution is 6.31. The molecule has 0 saturated carbocycles. The molecule has 0 aliphatic carbocycles. The number of hydrogen-bond acceptors (Lipinski definition) is 4. The Balaban J connectivity index is 1.39. The summed E-state index contributed by atoms with van der Waals surface area (Å²) in [4.78, 5) is 15.1. The fraction of sp³-hybridized carbons (Fsp3) is 0.231. The van der Waals surface area contributed by atoms with Crippen molar-refractivity contribution in [3.63, 3.8) is 0 Å². The van der Waals surface area contributed by atoms with Gasteiger partial charge in [-0.15, -0.1) is 0 Å².